The summed E-state index contributed by atoms with van der Waals surface area (Å²) < 4.78 is 11.6. The number of aryl methyl sites for hydroxylation is 1. The summed E-state index contributed by atoms with van der Waals surface area (Å²) in [6.07, 6.45) is 0. The standard InChI is InChI=1S/C20H23N5O4S/c1-11-16(19(27)29-5)12(2)21-17(11)18(26)13(3)30-20-22-23-24-25(20)10-14-6-8-15(28-4)9-7-14/h6-9,13,21H,10H2,1-5H3/t13-/m1/s1. The third-order valence-corrected chi connectivity index (χ3v) is 5.79. The lowest BCUT2D eigenvalue weighted by Gasteiger charge is -2.10. The molecule has 3 rings (SSSR count). The number of carbonyl (C=O) groups is 2. The van der Waals surface area contributed by atoms with Crippen LogP contribution in [0.5, 0.6) is 5.75 Å². The first-order chi connectivity index (χ1) is 14.3. The van der Waals surface area contributed by atoms with Crippen LogP contribution in [0.4, 0.5) is 0 Å². The summed E-state index contributed by atoms with van der Waals surface area (Å²) in [5.41, 5.74) is 2.96. The number of aromatic nitrogens is 5. The van der Waals surface area contributed by atoms with Gasteiger partial charge in [-0.1, -0.05) is 23.9 Å². The predicted octanol–water partition coefficient (Wildman–Crippen LogP) is 2.83. The normalized spacial score (nSPS) is 11.9. The molecule has 0 radical (unpaired) electrons. The van der Waals surface area contributed by atoms with Crippen LogP contribution in [0.1, 0.15) is 44.6 Å². The molecule has 3 aromatic rings. The van der Waals surface area contributed by atoms with Crippen LogP contribution in [0.25, 0.3) is 0 Å². The Morgan fingerprint density at radius 2 is 1.90 bits per heavy atom. The van der Waals surface area contributed by atoms with Crippen LogP contribution in [0, 0.1) is 13.8 Å². The number of hydrogen-bond acceptors (Lipinski definition) is 8. The number of esters is 1. The number of aromatic amines is 1. The highest BCUT2D eigenvalue weighted by atomic mass is 32.2. The number of methoxy groups -OCH3 is 2. The van der Waals surface area contributed by atoms with E-state index in [0.29, 0.717) is 34.2 Å². The molecular formula is C20H23N5O4S. The van der Waals surface area contributed by atoms with Crippen LogP contribution >= 0.6 is 11.8 Å². The lowest BCUT2D eigenvalue weighted by molar-refractivity contribution is 0.0599. The van der Waals surface area contributed by atoms with Crippen LogP contribution in [-0.2, 0) is 11.3 Å². The first kappa shape index (κ1) is 21.6. The molecule has 0 saturated heterocycles. The van der Waals surface area contributed by atoms with E-state index >= 15 is 0 Å². The number of tetrazole rings is 1. The van der Waals surface area contributed by atoms with Crippen LogP contribution in [0.2, 0.25) is 0 Å². The highest BCUT2D eigenvalue weighted by molar-refractivity contribution is 8.00. The number of benzene rings is 1. The molecule has 0 bridgehead atoms. The molecule has 0 fully saturated rings. The third-order valence-electron chi connectivity index (χ3n) is 4.72. The van der Waals surface area contributed by atoms with Gasteiger partial charge in [0.1, 0.15) is 5.75 Å². The number of carbonyl (C=O) groups excluding carboxylic acids is 2. The van der Waals surface area contributed by atoms with Gasteiger partial charge in [0, 0.05) is 5.69 Å². The van der Waals surface area contributed by atoms with Crippen molar-refractivity contribution in [3.63, 3.8) is 0 Å². The second-order valence-electron chi connectivity index (χ2n) is 6.71. The lowest BCUT2D eigenvalue weighted by atomic mass is 10.1. The van der Waals surface area contributed by atoms with Crippen molar-refractivity contribution < 1.29 is 19.1 Å². The van der Waals surface area contributed by atoms with Gasteiger partial charge in [0.05, 0.1) is 37.3 Å². The number of ether oxygens (including phenoxy) is 2. The summed E-state index contributed by atoms with van der Waals surface area (Å²) in [6, 6.07) is 7.60. The molecule has 1 aromatic carbocycles. The number of nitrogens with zero attached hydrogens (tertiary/aromatic N) is 4. The number of hydrogen-bond donors (Lipinski definition) is 1. The summed E-state index contributed by atoms with van der Waals surface area (Å²) in [6.45, 7) is 5.72. The van der Waals surface area contributed by atoms with Crippen molar-refractivity contribution in [2.45, 2.75) is 37.7 Å². The molecule has 2 heterocycles. The van der Waals surface area contributed by atoms with Crippen molar-refractivity contribution in [3.8, 4) is 5.75 Å². The zero-order valence-corrected chi connectivity index (χ0v) is 18.2. The Kier molecular flexibility index (Phi) is 6.56. The van der Waals surface area contributed by atoms with Crippen molar-refractivity contribution in [2.75, 3.05) is 14.2 Å². The molecule has 158 valence electrons. The summed E-state index contributed by atoms with van der Waals surface area (Å²) in [5.74, 6) is 0.158. The molecular weight excluding hydrogens is 406 g/mol. The fourth-order valence-corrected chi connectivity index (χ4v) is 3.95. The number of nitrogens with one attached hydrogen (secondary N) is 1. The first-order valence-electron chi connectivity index (χ1n) is 9.23. The third kappa shape index (κ3) is 4.38. The monoisotopic (exact) mass is 429 g/mol. The number of thioether (sulfide) groups is 1. The average molecular weight is 430 g/mol. The van der Waals surface area contributed by atoms with E-state index in [2.05, 4.69) is 20.5 Å². The molecule has 1 atom stereocenters. The van der Waals surface area contributed by atoms with Gasteiger partial charge in [-0.2, -0.15) is 0 Å². The lowest BCUT2D eigenvalue weighted by Crippen LogP contribution is -2.17. The van der Waals surface area contributed by atoms with Crippen molar-refractivity contribution in [2.24, 2.45) is 0 Å². The maximum Gasteiger partial charge on any atom is 0.339 e. The van der Waals surface area contributed by atoms with Gasteiger partial charge in [0.15, 0.2) is 5.78 Å². The average Bonchev–Trinajstić information content (AvgIpc) is 3.30. The Hall–Kier alpha value is -3.14. The van der Waals surface area contributed by atoms with E-state index in [1.165, 1.54) is 18.9 Å². The van der Waals surface area contributed by atoms with Crippen LogP contribution in [0.15, 0.2) is 29.4 Å². The van der Waals surface area contributed by atoms with E-state index in [4.69, 9.17) is 9.47 Å². The minimum Gasteiger partial charge on any atom is -0.497 e. The maximum absolute atomic E-state index is 13.0. The molecule has 30 heavy (non-hydrogen) atoms. The van der Waals surface area contributed by atoms with Gasteiger partial charge < -0.3 is 14.5 Å². The zero-order chi connectivity index (χ0) is 21.8. The molecule has 0 aliphatic rings. The number of H-pyrrole nitrogens is 1. The first-order valence-corrected chi connectivity index (χ1v) is 10.1. The van der Waals surface area contributed by atoms with E-state index in [1.807, 2.05) is 24.3 Å². The minimum absolute atomic E-state index is 0.144. The quantitative estimate of drug-likeness (QED) is 0.330. The molecule has 2 aromatic heterocycles. The van der Waals surface area contributed by atoms with E-state index in [0.717, 1.165) is 11.3 Å². The molecule has 0 saturated carbocycles. The largest absolute Gasteiger partial charge is 0.497 e. The number of rotatable bonds is 8. The van der Waals surface area contributed by atoms with Crippen molar-refractivity contribution >= 4 is 23.5 Å². The summed E-state index contributed by atoms with van der Waals surface area (Å²) in [4.78, 5) is 28.0. The van der Waals surface area contributed by atoms with Gasteiger partial charge >= 0.3 is 5.97 Å². The highest BCUT2D eigenvalue weighted by Crippen LogP contribution is 2.27. The molecule has 0 aliphatic carbocycles. The Balaban J connectivity index is 1.75. The fourth-order valence-electron chi connectivity index (χ4n) is 3.10. The Morgan fingerprint density at radius 1 is 1.20 bits per heavy atom. The van der Waals surface area contributed by atoms with Gasteiger partial charge in [0.25, 0.3) is 0 Å². The predicted molar refractivity (Wildman–Crippen MR) is 111 cm³/mol. The number of ketones is 1. The summed E-state index contributed by atoms with van der Waals surface area (Å²) in [7, 11) is 2.93. The topological polar surface area (TPSA) is 112 Å². The van der Waals surface area contributed by atoms with E-state index in [9.17, 15) is 9.59 Å². The van der Waals surface area contributed by atoms with Gasteiger partial charge in [-0.15, -0.1) is 5.10 Å². The molecule has 0 aliphatic heterocycles. The Morgan fingerprint density at radius 3 is 2.53 bits per heavy atom. The zero-order valence-electron chi connectivity index (χ0n) is 17.4. The maximum atomic E-state index is 13.0. The second kappa shape index (κ2) is 9.12. The molecule has 10 heteroatoms. The highest BCUT2D eigenvalue weighted by Gasteiger charge is 2.27. The van der Waals surface area contributed by atoms with Crippen LogP contribution in [-0.4, -0.2) is 56.4 Å². The van der Waals surface area contributed by atoms with Crippen molar-refractivity contribution in [1.82, 2.24) is 25.2 Å². The van der Waals surface area contributed by atoms with Gasteiger partial charge in [-0.05, 0) is 54.5 Å². The fraction of sp³-hybridized carbons (Fsp3) is 0.350. The van der Waals surface area contributed by atoms with E-state index < -0.39 is 11.2 Å². The molecule has 1 N–H and O–H groups in total. The minimum atomic E-state index is -0.468. The van der Waals surface area contributed by atoms with E-state index in [1.54, 1.807) is 32.6 Å². The number of Topliss-reactive ketones (excluding diaryl/α,β-unsaturated/α-hetero) is 1. The Bertz CT molecular complexity index is 1060. The van der Waals surface area contributed by atoms with Gasteiger partial charge in [0.2, 0.25) is 5.16 Å². The second-order valence-corrected chi connectivity index (χ2v) is 8.02. The Labute approximate surface area is 178 Å². The molecule has 9 nitrogen and oxygen atoms in total. The van der Waals surface area contributed by atoms with Crippen LogP contribution < -0.4 is 4.74 Å². The van der Waals surface area contributed by atoms with Gasteiger partial charge in [-0.3, -0.25) is 4.79 Å². The smallest absolute Gasteiger partial charge is 0.339 e. The molecule has 0 unspecified atom stereocenters. The molecule has 0 spiro atoms. The van der Waals surface area contributed by atoms with Crippen molar-refractivity contribution in [3.05, 3.63) is 52.3 Å². The summed E-state index contributed by atoms with van der Waals surface area (Å²) >= 11 is 1.26. The SMILES string of the molecule is COC(=O)c1c(C)[nH]c(C(=O)[C@@H](C)Sc2nnnn2Cc2ccc(OC)cc2)c1C. The molecule has 0 amide bonds. The van der Waals surface area contributed by atoms with E-state index in [-0.39, 0.29) is 5.78 Å². The van der Waals surface area contributed by atoms with Crippen molar-refractivity contribution in [1.29, 1.82) is 0 Å². The summed E-state index contributed by atoms with van der Waals surface area (Å²) in [5, 5.41) is 11.9. The van der Waals surface area contributed by atoms with Crippen LogP contribution in [0.3, 0.4) is 0 Å². The van der Waals surface area contributed by atoms with Gasteiger partial charge in [-0.25, -0.2) is 9.48 Å².